The third-order valence-corrected chi connectivity index (χ3v) is 5.76. The number of ketones is 1. The fourth-order valence-corrected chi connectivity index (χ4v) is 3.78. The van der Waals surface area contributed by atoms with Crippen molar-refractivity contribution in [1.29, 1.82) is 0 Å². The van der Waals surface area contributed by atoms with E-state index in [0.717, 1.165) is 28.0 Å². The summed E-state index contributed by atoms with van der Waals surface area (Å²) in [5.41, 5.74) is -0.616. The Bertz CT molecular complexity index is 1410. The number of carboxylic acid groups (broad SMARTS) is 2. The third kappa shape index (κ3) is 7.12. The topological polar surface area (TPSA) is 157 Å². The van der Waals surface area contributed by atoms with E-state index in [1.807, 2.05) is 0 Å². The molecule has 0 aromatic heterocycles. The number of aromatic carboxylic acids is 2. The normalized spacial score (nSPS) is 10.9. The first-order chi connectivity index (χ1) is 17.5. The maximum absolute atomic E-state index is 12.5. The summed E-state index contributed by atoms with van der Waals surface area (Å²) >= 11 is 1.38. The molecule has 3 aromatic rings. The lowest BCUT2D eigenvalue weighted by molar-refractivity contribution is -0.140. The van der Waals surface area contributed by atoms with Crippen molar-refractivity contribution >= 4 is 47.1 Å². The van der Waals surface area contributed by atoms with E-state index in [2.05, 4.69) is 9.99 Å². The summed E-state index contributed by atoms with van der Waals surface area (Å²) in [4.78, 5) is 64.3. The van der Waals surface area contributed by atoms with Gasteiger partial charge in [0.25, 0.3) is 0 Å². The van der Waals surface area contributed by atoms with Crippen LogP contribution in [0.1, 0.15) is 55.3 Å². The monoisotopic (exact) mass is 521 g/mol. The van der Waals surface area contributed by atoms with Gasteiger partial charge < -0.3 is 19.8 Å². The number of oxime groups is 1. The van der Waals surface area contributed by atoms with Gasteiger partial charge in [-0.3, -0.25) is 4.79 Å². The molecule has 0 atom stereocenters. The molecule has 0 saturated heterocycles. The van der Waals surface area contributed by atoms with Crippen LogP contribution < -0.4 is 4.74 Å². The van der Waals surface area contributed by atoms with Crippen LogP contribution in [-0.4, -0.2) is 45.6 Å². The van der Waals surface area contributed by atoms with Gasteiger partial charge in [-0.1, -0.05) is 16.9 Å². The highest BCUT2D eigenvalue weighted by atomic mass is 32.2. The minimum Gasteiger partial charge on any atom is -0.478 e. The summed E-state index contributed by atoms with van der Waals surface area (Å²) in [7, 11) is 0. The zero-order valence-electron chi connectivity index (χ0n) is 19.5. The van der Waals surface area contributed by atoms with Crippen molar-refractivity contribution in [2.24, 2.45) is 5.16 Å². The number of esters is 1. The zero-order chi connectivity index (χ0) is 27.1. The molecule has 3 rings (SSSR count). The molecule has 0 aliphatic heterocycles. The SMILES string of the molecule is CC(=O)O/N=C(\C)C(=O)c1ccc(Sc2ccc(OC(=O)c3ccc(C(=O)O)cc3C(=O)O)cc2)cc1. The third-order valence-electron chi connectivity index (χ3n) is 4.74. The van der Waals surface area contributed by atoms with Crippen molar-refractivity contribution in [1.82, 2.24) is 0 Å². The molecule has 0 aliphatic carbocycles. The van der Waals surface area contributed by atoms with Crippen LogP contribution in [0.3, 0.4) is 0 Å². The van der Waals surface area contributed by atoms with Crippen LogP contribution >= 0.6 is 11.8 Å². The molecule has 0 radical (unpaired) electrons. The van der Waals surface area contributed by atoms with E-state index in [1.165, 1.54) is 37.7 Å². The molecule has 0 saturated carbocycles. The minimum atomic E-state index is -1.46. The molecule has 188 valence electrons. The average Bonchev–Trinajstić information content (AvgIpc) is 2.87. The van der Waals surface area contributed by atoms with Gasteiger partial charge in [-0.2, -0.15) is 0 Å². The molecule has 11 heteroatoms. The van der Waals surface area contributed by atoms with Gasteiger partial charge in [-0.25, -0.2) is 19.2 Å². The van der Waals surface area contributed by atoms with Gasteiger partial charge in [0.1, 0.15) is 11.5 Å². The molecular formula is C26H19NO9S. The first-order valence-corrected chi connectivity index (χ1v) is 11.3. The van der Waals surface area contributed by atoms with Crippen LogP contribution in [0.2, 0.25) is 0 Å². The number of carbonyl (C=O) groups excluding carboxylic acids is 3. The van der Waals surface area contributed by atoms with Gasteiger partial charge in [-0.05, 0) is 73.7 Å². The Labute approximate surface area is 214 Å². The first kappa shape index (κ1) is 26.8. The summed E-state index contributed by atoms with van der Waals surface area (Å²) in [6.07, 6.45) is 0. The van der Waals surface area contributed by atoms with Gasteiger partial charge in [-0.15, -0.1) is 0 Å². The second kappa shape index (κ2) is 11.8. The predicted octanol–water partition coefficient (Wildman–Crippen LogP) is 4.58. The van der Waals surface area contributed by atoms with E-state index in [4.69, 9.17) is 9.84 Å². The van der Waals surface area contributed by atoms with Gasteiger partial charge in [0, 0.05) is 22.3 Å². The number of rotatable bonds is 9. The van der Waals surface area contributed by atoms with Crippen LogP contribution in [0.5, 0.6) is 5.75 Å². The van der Waals surface area contributed by atoms with Crippen molar-refractivity contribution in [3.8, 4) is 5.75 Å². The van der Waals surface area contributed by atoms with E-state index in [-0.39, 0.29) is 28.4 Å². The highest BCUT2D eigenvalue weighted by molar-refractivity contribution is 7.99. The summed E-state index contributed by atoms with van der Waals surface area (Å²) in [6, 6.07) is 16.2. The van der Waals surface area contributed by atoms with Crippen LogP contribution in [0.4, 0.5) is 0 Å². The molecule has 0 unspecified atom stereocenters. The van der Waals surface area contributed by atoms with Gasteiger partial charge in [0.15, 0.2) is 0 Å². The van der Waals surface area contributed by atoms with Crippen molar-refractivity contribution < 1.29 is 43.8 Å². The molecule has 37 heavy (non-hydrogen) atoms. The van der Waals surface area contributed by atoms with Crippen LogP contribution in [-0.2, 0) is 9.63 Å². The van der Waals surface area contributed by atoms with Gasteiger partial charge in [0.2, 0.25) is 5.78 Å². The molecule has 2 N–H and O–H groups in total. The van der Waals surface area contributed by atoms with E-state index in [0.29, 0.717) is 5.56 Å². The Morgan fingerprint density at radius 2 is 1.30 bits per heavy atom. The Morgan fingerprint density at radius 3 is 1.84 bits per heavy atom. The molecule has 10 nitrogen and oxygen atoms in total. The van der Waals surface area contributed by atoms with Gasteiger partial charge in [0.05, 0.1) is 16.7 Å². The molecule has 0 bridgehead atoms. The summed E-state index contributed by atoms with van der Waals surface area (Å²) in [6.45, 7) is 2.62. The highest BCUT2D eigenvalue weighted by Crippen LogP contribution is 2.29. The second-order valence-electron chi connectivity index (χ2n) is 7.45. The number of carbonyl (C=O) groups is 5. The van der Waals surface area contributed by atoms with Crippen molar-refractivity contribution in [2.75, 3.05) is 0 Å². The summed E-state index contributed by atoms with van der Waals surface area (Å²) < 4.78 is 5.26. The van der Waals surface area contributed by atoms with E-state index in [1.54, 1.807) is 36.4 Å². The number of carboxylic acids is 2. The predicted molar refractivity (Wildman–Crippen MR) is 132 cm³/mol. The fourth-order valence-electron chi connectivity index (χ4n) is 2.96. The highest BCUT2D eigenvalue weighted by Gasteiger charge is 2.21. The lowest BCUT2D eigenvalue weighted by atomic mass is 10.0. The lowest BCUT2D eigenvalue weighted by Crippen LogP contribution is -2.15. The zero-order valence-corrected chi connectivity index (χ0v) is 20.3. The molecule has 0 heterocycles. The Morgan fingerprint density at radius 1 is 0.730 bits per heavy atom. The number of hydrogen-bond donors (Lipinski definition) is 2. The lowest BCUT2D eigenvalue weighted by Gasteiger charge is -2.09. The average molecular weight is 522 g/mol. The van der Waals surface area contributed by atoms with Gasteiger partial charge >= 0.3 is 23.9 Å². The molecular weight excluding hydrogens is 502 g/mol. The van der Waals surface area contributed by atoms with Crippen LogP contribution in [0, 0.1) is 0 Å². The fraction of sp³-hybridized carbons (Fsp3) is 0.0769. The molecule has 0 amide bonds. The first-order valence-electron chi connectivity index (χ1n) is 10.5. The number of benzene rings is 3. The van der Waals surface area contributed by atoms with Crippen molar-refractivity contribution in [3.05, 3.63) is 89.0 Å². The molecule has 0 spiro atoms. The second-order valence-corrected chi connectivity index (χ2v) is 8.59. The van der Waals surface area contributed by atoms with Crippen LogP contribution in [0.15, 0.2) is 81.7 Å². The van der Waals surface area contributed by atoms with Crippen molar-refractivity contribution in [2.45, 2.75) is 23.6 Å². The summed E-state index contributed by atoms with van der Waals surface area (Å²) in [5.74, 6) is -4.56. The van der Waals surface area contributed by atoms with Crippen molar-refractivity contribution in [3.63, 3.8) is 0 Å². The number of hydrogen-bond acceptors (Lipinski definition) is 9. The number of Topliss-reactive ketones (excluding diaryl/α,β-unsaturated/α-hetero) is 1. The van der Waals surface area contributed by atoms with Crippen LogP contribution in [0.25, 0.3) is 0 Å². The maximum atomic E-state index is 12.5. The number of ether oxygens (including phenoxy) is 1. The maximum Gasteiger partial charge on any atom is 0.344 e. The Kier molecular flexibility index (Phi) is 8.54. The standard InChI is InChI=1S/C26H19NO9S/c1-14(27-36-15(2)28)23(29)16-3-8-19(9-4-16)37-20-10-6-18(7-11-20)35-26(34)21-12-5-17(24(30)31)13-22(21)25(32)33/h3-13H,1-2H3,(H,30,31)(H,32,33)/b27-14+. The molecule has 0 aliphatic rings. The van der Waals surface area contributed by atoms with E-state index >= 15 is 0 Å². The Hall–Kier alpha value is -4.77. The summed E-state index contributed by atoms with van der Waals surface area (Å²) in [5, 5.41) is 21.9. The largest absolute Gasteiger partial charge is 0.478 e. The Balaban J connectivity index is 1.66. The molecule has 3 aromatic carbocycles. The van der Waals surface area contributed by atoms with E-state index < -0.39 is 29.4 Å². The quantitative estimate of drug-likeness (QED) is 0.102. The molecule has 0 fully saturated rings. The minimum absolute atomic E-state index is 0.0362. The smallest absolute Gasteiger partial charge is 0.344 e. The number of nitrogens with zero attached hydrogens (tertiary/aromatic N) is 1. The van der Waals surface area contributed by atoms with E-state index in [9.17, 15) is 29.1 Å².